The van der Waals surface area contributed by atoms with Gasteiger partial charge < -0.3 is 20.2 Å². The predicted molar refractivity (Wildman–Crippen MR) is 104 cm³/mol. The topological polar surface area (TPSA) is 98.1 Å². The number of amides is 1. The lowest BCUT2D eigenvalue weighted by Gasteiger charge is -2.43. The summed E-state index contributed by atoms with van der Waals surface area (Å²) in [5, 5.41) is 29.9. The van der Waals surface area contributed by atoms with Gasteiger partial charge in [0.1, 0.15) is 11.2 Å². The number of hydrogen-bond donors (Lipinski definition) is 3. The minimum absolute atomic E-state index is 0.0298. The van der Waals surface area contributed by atoms with Crippen LogP contribution in [0.3, 0.4) is 0 Å². The number of piperidine rings is 1. The number of aliphatic hydroxyl groups excluding tert-OH is 1. The van der Waals surface area contributed by atoms with Crippen molar-refractivity contribution in [3.05, 3.63) is 65.7 Å². The zero-order valence-corrected chi connectivity index (χ0v) is 15.6. The fraction of sp³-hybridized carbons (Fsp3) is 0.364. The molecule has 0 saturated carbocycles. The molecular formula is C22H25NO5. The van der Waals surface area contributed by atoms with Gasteiger partial charge in [0.2, 0.25) is 0 Å². The number of aliphatic carboxylic acids is 1. The third-order valence-corrected chi connectivity index (χ3v) is 5.54. The molecule has 2 atom stereocenters. The molecule has 0 unspecified atom stereocenters. The van der Waals surface area contributed by atoms with Crippen LogP contribution in [-0.2, 0) is 11.2 Å². The zero-order chi connectivity index (χ0) is 20.1. The maximum atomic E-state index is 12.8. The highest BCUT2D eigenvalue weighted by Gasteiger charge is 2.49. The second-order valence-electron chi connectivity index (χ2n) is 7.38. The van der Waals surface area contributed by atoms with Crippen molar-refractivity contribution in [2.24, 2.45) is 5.41 Å². The van der Waals surface area contributed by atoms with Crippen molar-refractivity contribution in [3.8, 4) is 5.75 Å². The van der Waals surface area contributed by atoms with Crippen LogP contribution in [-0.4, -0.2) is 51.3 Å². The van der Waals surface area contributed by atoms with E-state index in [1.165, 1.54) is 29.2 Å². The molecule has 1 amide bonds. The number of hydrogen-bond acceptors (Lipinski definition) is 4. The van der Waals surface area contributed by atoms with E-state index in [2.05, 4.69) is 0 Å². The summed E-state index contributed by atoms with van der Waals surface area (Å²) in [6.45, 7) is 0.270. The lowest BCUT2D eigenvalue weighted by atomic mass is 9.73. The van der Waals surface area contributed by atoms with Crippen molar-refractivity contribution in [2.75, 3.05) is 13.1 Å². The average molecular weight is 383 g/mol. The maximum absolute atomic E-state index is 12.8. The molecule has 0 aromatic heterocycles. The Labute approximate surface area is 164 Å². The minimum Gasteiger partial charge on any atom is -0.508 e. The van der Waals surface area contributed by atoms with Gasteiger partial charge >= 0.3 is 5.97 Å². The molecule has 3 rings (SSSR count). The van der Waals surface area contributed by atoms with E-state index >= 15 is 0 Å². The molecule has 28 heavy (non-hydrogen) atoms. The molecule has 2 aromatic carbocycles. The smallest absolute Gasteiger partial charge is 0.314 e. The van der Waals surface area contributed by atoms with Gasteiger partial charge in [-0.25, -0.2) is 0 Å². The molecule has 148 valence electrons. The minimum atomic E-state index is -1.38. The van der Waals surface area contributed by atoms with Crippen LogP contribution in [0.4, 0.5) is 0 Å². The molecule has 6 heteroatoms. The van der Waals surface area contributed by atoms with Crippen molar-refractivity contribution < 1.29 is 24.9 Å². The molecule has 1 aliphatic rings. The van der Waals surface area contributed by atoms with E-state index in [1.807, 2.05) is 30.3 Å². The van der Waals surface area contributed by atoms with Crippen molar-refractivity contribution in [1.29, 1.82) is 0 Å². The molecule has 0 radical (unpaired) electrons. The number of aryl methyl sites for hydroxylation is 1. The standard InChI is InChI=1S/C22H25NO5/c24-18-10-8-17(9-11-18)20(26)23-14-12-19(25)22(15-23,21(27)28)13-4-7-16-5-2-1-3-6-16/h1-3,5-6,8-11,19,24-25H,4,7,12-15H2,(H,27,28)/t19-,22+/m0/s1. The van der Waals surface area contributed by atoms with Crippen LogP contribution in [0.25, 0.3) is 0 Å². The highest BCUT2D eigenvalue weighted by Crippen LogP contribution is 2.36. The molecule has 1 heterocycles. The number of phenols is 1. The number of carboxylic acids is 1. The van der Waals surface area contributed by atoms with E-state index in [0.29, 0.717) is 24.9 Å². The molecule has 1 fully saturated rings. The Hall–Kier alpha value is -2.86. The van der Waals surface area contributed by atoms with Crippen LogP contribution < -0.4 is 0 Å². The van der Waals surface area contributed by atoms with Crippen LogP contribution in [0.1, 0.15) is 35.2 Å². The zero-order valence-electron chi connectivity index (χ0n) is 15.6. The number of carboxylic acid groups (broad SMARTS) is 1. The van der Waals surface area contributed by atoms with Gasteiger partial charge in [-0.2, -0.15) is 0 Å². The SMILES string of the molecule is O=C(c1ccc(O)cc1)N1CC[C@H](O)[C@](CCCc2ccccc2)(C(=O)O)C1. The molecule has 1 saturated heterocycles. The Morgan fingerprint density at radius 2 is 1.75 bits per heavy atom. The molecule has 0 aliphatic carbocycles. The number of rotatable bonds is 6. The summed E-state index contributed by atoms with van der Waals surface area (Å²) in [6, 6.07) is 15.7. The summed E-state index contributed by atoms with van der Waals surface area (Å²) < 4.78 is 0. The van der Waals surface area contributed by atoms with E-state index in [1.54, 1.807) is 0 Å². The van der Waals surface area contributed by atoms with Crippen LogP contribution in [0.15, 0.2) is 54.6 Å². The maximum Gasteiger partial charge on any atom is 0.314 e. The quantitative estimate of drug-likeness (QED) is 0.712. The van der Waals surface area contributed by atoms with E-state index in [4.69, 9.17) is 0 Å². The van der Waals surface area contributed by atoms with Gasteiger partial charge in [-0.3, -0.25) is 9.59 Å². The lowest BCUT2D eigenvalue weighted by Crippen LogP contribution is -2.57. The van der Waals surface area contributed by atoms with Crippen LogP contribution in [0.2, 0.25) is 0 Å². The normalized spacial score (nSPS) is 22.0. The molecule has 0 bridgehead atoms. The summed E-state index contributed by atoms with van der Waals surface area (Å²) in [4.78, 5) is 26.4. The molecule has 2 aromatic rings. The second-order valence-corrected chi connectivity index (χ2v) is 7.38. The number of benzene rings is 2. The van der Waals surface area contributed by atoms with Crippen molar-refractivity contribution >= 4 is 11.9 Å². The lowest BCUT2D eigenvalue weighted by molar-refractivity contribution is -0.162. The first-order chi connectivity index (χ1) is 13.4. The highest BCUT2D eigenvalue weighted by atomic mass is 16.4. The number of aliphatic hydroxyl groups is 1. The Kier molecular flexibility index (Phi) is 5.99. The van der Waals surface area contributed by atoms with E-state index < -0.39 is 17.5 Å². The summed E-state index contributed by atoms with van der Waals surface area (Å²) in [6.07, 6.45) is 0.840. The monoisotopic (exact) mass is 383 g/mol. The molecule has 6 nitrogen and oxygen atoms in total. The largest absolute Gasteiger partial charge is 0.508 e. The summed E-state index contributed by atoms with van der Waals surface area (Å²) >= 11 is 0. The van der Waals surface area contributed by atoms with Gasteiger partial charge in [-0.15, -0.1) is 0 Å². The predicted octanol–water partition coefficient (Wildman–Crippen LogP) is 2.69. The summed E-state index contributed by atoms with van der Waals surface area (Å²) in [5.41, 5.74) is 0.128. The second kappa shape index (κ2) is 8.44. The first kappa shape index (κ1) is 19.9. The third-order valence-electron chi connectivity index (χ3n) is 5.54. The van der Waals surface area contributed by atoms with Gasteiger partial charge in [-0.1, -0.05) is 30.3 Å². The number of nitrogens with zero attached hydrogens (tertiary/aromatic N) is 1. The number of likely N-dealkylation sites (tertiary alicyclic amines) is 1. The molecule has 1 aliphatic heterocycles. The Balaban J connectivity index is 1.74. The van der Waals surface area contributed by atoms with Gasteiger partial charge in [0.25, 0.3) is 5.91 Å². The third kappa shape index (κ3) is 4.17. The Morgan fingerprint density at radius 1 is 1.07 bits per heavy atom. The van der Waals surface area contributed by atoms with Crippen LogP contribution in [0, 0.1) is 5.41 Å². The number of carbonyl (C=O) groups is 2. The average Bonchev–Trinajstić information content (AvgIpc) is 2.70. The van der Waals surface area contributed by atoms with E-state index in [9.17, 15) is 24.9 Å². The summed E-state index contributed by atoms with van der Waals surface area (Å²) in [7, 11) is 0. The van der Waals surface area contributed by atoms with Crippen LogP contribution in [0.5, 0.6) is 5.75 Å². The van der Waals surface area contributed by atoms with Gasteiger partial charge in [0.15, 0.2) is 0 Å². The number of phenolic OH excluding ortho intramolecular Hbond substituents is 1. The first-order valence-corrected chi connectivity index (χ1v) is 9.46. The fourth-order valence-corrected chi connectivity index (χ4v) is 3.85. The highest BCUT2D eigenvalue weighted by molar-refractivity contribution is 5.95. The van der Waals surface area contributed by atoms with Crippen molar-refractivity contribution in [2.45, 2.75) is 31.8 Å². The van der Waals surface area contributed by atoms with Gasteiger partial charge in [-0.05, 0) is 55.5 Å². The van der Waals surface area contributed by atoms with Crippen LogP contribution >= 0.6 is 0 Å². The van der Waals surface area contributed by atoms with E-state index in [-0.39, 0.29) is 31.0 Å². The molecule has 3 N–H and O–H groups in total. The van der Waals surface area contributed by atoms with E-state index in [0.717, 1.165) is 5.56 Å². The Morgan fingerprint density at radius 3 is 2.39 bits per heavy atom. The first-order valence-electron chi connectivity index (χ1n) is 9.46. The van der Waals surface area contributed by atoms with Gasteiger partial charge in [0.05, 0.1) is 6.10 Å². The summed E-state index contributed by atoms with van der Waals surface area (Å²) in [5.74, 6) is -1.30. The number of carbonyl (C=O) groups excluding carboxylic acids is 1. The van der Waals surface area contributed by atoms with Crippen molar-refractivity contribution in [1.82, 2.24) is 4.90 Å². The molecular weight excluding hydrogens is 358 g/mol. The van der Waals surface area contributed by atoms with Gasteiger partial charge in [0, 0.05) is 18.7 Å². The fourth-order valence-electron chi connectivity index (χ4n) is 3.85. The molecule has 0 spiro atoms. The number of aromatic hydroxyl groups is 1. The Bertz CT molecular complexity index is 821. The van der Waals surface area contributed by atoms with Crippen molar-refractivity contribution in [3.63, 3.8) is 0 Å².